The van der Waals surface area contributed by atoms with E-state index in [1.165, 1.54) is 0 Å². The van der Waals surface area contributed by atoms with Crippen LogP contribution in [0.5, 0.6) is 0 Å². The summed E-state index contributed by atoms with van der Waals surface area (Å²) in [5.41, 5.74) is 0.296. The van der Waals surface area contributed by atoms with E-state index < -0.39 is 0 Å². The molecule has 0 saturated carbocycles. The Morgan fingerprint density at radius 2 is 1.00 bits per heavy atom. The van der Waals surface area contributed by atoms with Crippen molar-refractivity contribution in [1.82, 2.24) is 5.32 Å². The Morgan fingerprint density at radius 3 is 1.42 bits per heavy atom. The van der Waals surface area contributed by atoms with Crippen molar-refractivity contribution in [3.63, 3.8) is 0 Å². The van der Waals surface area contributed by atoms with E-state index in [0.717, 1.165) is 85.0 Å². The minimum absolute atomic E-state index is 0.0549. The van der Waals surface area contributed by atoms with Gasteiger partial charge in [-0.25, -0.2) is 0 Å². The summed E-state index contributed by atoms with van der Waals surface area (Å²) in [6.45, 7) is 20.4. The van der Waals surface area contributed by atoms with E-state index in [-0.39, 0.29) is 5.60 Å². The minimum Gasteiger partial charge on any atom is -0.381 e. The summed E-state index contributed by atoms with van der Waals surface area (Å²) >= 11 is 0. The summed E-state index contributed by atoms with van der Waals surface area (Å²) in [5, 5.41) is 3.46. The van der Waals surface area contributed by atoms with Crippen molar-refractivity contribution in [2.75, 3.05) is 59.3 Å². The Labute approximate surface area is 162 Å². The maximum absolute atomic E-state index is 5.64. The van der Waals surface area contributed by atoms with Crippen LogP contribution in [0.4, 0.5) is 0 Å². The van der Waals surface area contributed by atoms with E-state index in [9.17, 15) is 0 Å². The van der Waals surface area contributed by atoms with Crippen LogP contribution < -0.4 is 5.32 Å². The summed E-state index contributed by atoms with van der Waals surface area (Å²) in [5.74, 6) is 0. The maximum atomic E-state index is 5.64. The molecule has 0 unspecified atom stereocenters. The Hall–Kier alpha value is -0.200. The molecule has 0 aliphatic heterocycles. The fourth-order valence-corrected chi connectivity index (χ4v) is 2.13. The van der Waals surface area contributed by atoms with Crippen molar-refractivity contribution >= 4 is 0 Å². The van der Waals surface area contributed by atoms with Crippen LogP contribution in [0.1, 0.15) is 67.2 Å². The zero-order valence-electron chi connectivity index (χ0n) is 18.3. The van der Waals surface area contributed by atoms with Crippen LogP contribution in [0.3, 0.4) is 0 Å². The summed E-state index contributed by atoms with van der Waals surface area (Å²) < 4.78 is 22.4. The second-order valence-corrected chi connectivity index (χ2v) is 8.95. The second-order valence-electron chi connectivity index (χ2n) is 8.95. The molecule has 0 saturated heterocycles. The molecule has 0 rings (SSSR count). The minimum atomic E-state index is -0.0549. The first-order valence-corrected chi connectivity index (χ1v) is 10.3. The third kappa shape index (κ3) is 23.8. The molecule has 0 heterocycles. The topological polar surface area (TPSA) is 49.0 Å². The quantitative estimate of drug-likeness (QED) is 0.389. The van der Waals surface area contributed by atoms with Crippen LogP contribution in [-0.4, -0.2) is 64.9 Å². The van der Waals surface area contributed by atoms with Gasteiger partial charge in [0, 0.05) is 46.2 Å². The Kier molecular flexibility index (Phi) is 15.7. The van der Waals surface area contributed by atoms with E-state index in [1.54, 1.807) is 0 Å². The maximum Gasteiger partial charge on any atom is 0.0598 e. The molecule has 0 bridgehead atoms. The summed E-state index contributed by atoms with van der Waals surface area (Å²) in [6, 6.07) is 0. The van der Waals surface area contributed by atoms with Gasteiger partial charge in [0.1, 0.15) is 0 Å². The summed E-state index contributed by atoms with van der Waals surface area (Å²) in [7, 11) is 0. The number of rotatable bonds is 17. The van der Waals surface area contributed by atoms with Gasteiger partial charge >= 0.3 is 0 Å². The van der Waals surface area contributed by atoms with Gasteiger partial charge in [-0.2, -0.15) is 0 Å². The molecule has 0 aromatic rings. The van der Waals surface area contributed by atoms with Gasteiger partial charge in [-0.15, -0.1) is 0 Å². The van der Waals surface area contributed by atoms with Crippen molar-refractivity contribution in [1.29, 1.82) is 0 Å². The number of hydrogen-bond donors (Lipinski definition) is 1. The molecule has 5 heteroatoms. The molecule has 0 radical (unpaired) electrons. The molecule has 0 aromatic heterocycles. The first kappa shape index (κ1) is 25.8. The van der Waals surface area contributed by atoms with E-state index >= 15 is 0 Å². The van der Waals surface area contributed by atoms with Gasteiger partial charge in [0.25, 0.3) is 0 Å². The van der Waals surface area contributed by atoms with Crippen molar-refractivity contribution in [3.8, 4) is 0 Å². The van der Waals surface area contributed by atoms with E-state index in [1.807, 2.05) is 0 Å². The molecule has 26 heavy (non-hydrogen) atoms. The highest BCUT2D eigenvalue weighted by atomic mass is 16.5. The van der Waals surface area contributed by atoms with Crippen LogP contribution in [0.15, 0.2) is 0 Å². The Bertz CT molecular complexity index is 267. The number of ether oxygens (including phenoxy) is 4. The normalized spacial score (nSPS) is 12.7. The molecular weight excluding hydrogens is 330 g/mol. The number of hydrogen-bond acceptors (Lipinski definition) is 5. The first-order valence-electron chi connectivity index (χ1n) is 10.3. The van der Waals surface area contributed by atoms with E-state index in [2.05, 4.69) is 46.9 Å². The van der Waals surface area contributed by atoms with Crippen molar-refractivity contribution in [3.05, 3.63) is 0 Å². The van der Waals surface area contributed by atoms with Crippen LogP contribution in [-0.2, 0) is 18.9 Å². The van der Waals surface area contributed by atoms with Crippen LogP contribution >= 0.6 is 0 Å². The van der Waals surface area contributed by atoms with Crippen LogP contribution in [0.25, 0.3) is 0 Å². The van der Waals surface area contributed by atoms with Gasteiger partial charge in [0.15, 0.2) is 0 Å². The zero-order valence-corrected chi connectivity index (χ0v) is 18.3. The predicted molar refractivity (Wildman–Crippen MR) is 109 cm³/mol. The smallest absolute Gasteiger partial charge is 0.0598 e. The fourth-order valence-electron chi connectivity index (χ4n) is 2.13. The standard InChI is InChI=1S/C21H45NO4/c1-20(2,3)19-22-11-7-12-23-13-8-14-24-15-9-16-25-17-10-18-26-21(4,5)6/h22H,7-19H2,1-6H3. The monoisotopic (exact) mass is 375 g/mol. The molecule has 5 nitrogen and oxygen atoms in total. The molecule has 0 spiro atoms. The van der Waals surface area contributed by atoms with Crippen molar-refractivity contribution in [2.24, 2.45) is 5.41 Å². The molecule has 0 fully saturated rings. The second kappa shape index (κ2) is 15.8. The first-order chi connectivity index (χ1) is 12.2. The molecule has 0 aliphatic carbocycles. The molecule has 0 atom stereocenters. The number of nitrogens with one attached hydrogen (secondary N) is 1. The van der Waals surface area contributed by atoms with Gasteiger partial charge < -0.3 is 24.3 Å². The highest BCUT2D eigenvalue weighted by molar-refractivity contribution is 4.64. The van der Waals surface area contributed by atoms with E-state index in [0.29, 0.717) is 5.41 Å². The zero-order chi connectivity index (χ0) is 19.7. The summed E-state index contributed by atoms with van der Waals surface area (Å²) in [4.78, 5) is 0. The summed E-state index contributed by atoms with van der Waals surface area (Å²) in [6.07, 6.45) is 3.91. The predicted octanol–water partition coefficient (Wildman–Crippen LogP) is 4.05. The molecule has 0 aromatic carbocycles. The van der Waals surface area contributed by atoms with E-state index in [4.69, 9.17) is 18.9 Å². The Morgan fingerprint density at radius 1 is 0.577 bits per heavy atom. The lowest BCUT2D eigenvalue weighted by atomic mass is 9.97. The highest BCUT2D eigenvalue weighted by Crippen LogP contribution is 2.10. The average molecular weight is 376 g/mol. The van der Waals surface area contributed by atoms with Gasteiger partial charge in [0.05, 0.1) is 5.60 Å². The van der Waals surface area contributed by atoms with Gasteiger partial charge in [0.2, 0.25) is 0 Å². The van der Waals surface area contributed by atoms with Gasteiger partial charge in [-0.1, -0.05) is 20.8 Å². The fraction of sp³-hybridized carbons (Fsp3) is 1.00. The molecule has 1 N–H and O–H groups in total. The van der Waals surface area contributed by atoms with Gasteiger partial charge in [-0.05, 0) is 65.0 Å². The average Bonchev–Trinajstić information content (AvgIpc) is 2.51. The molecule has 0 amide bonds. The lowest BCUT2D eigenvalue weighted by Gasteiger charge is -2.19. The van der Waals surface area contributed by atoms with Crippen molar-refractivity contribution in [2.45, 2.75) is 72.8 Å². The molecule has 0 aliphatic rings. The highest BCUT2D eigenvalue weighted by Gasteiger charge is 2.09. The lowest BCUT2D eigenvalue weighted by molar-refractivity contribution is -0.0150. The van der Waals surface area contributed by atoms with Crippen LogP contribution in [0.2, 0.25) is 0 Å². The third-order valence-corrected chi connectivity index (χ3v) is 3.42. The largest absolute Gasteiger partial charge is 0.381 e. The Balaban J connectivity index is 3.07. The van der Waals surface area contributed by atoms with Crippen molar-refractivity contribution < 1.29 is 18.9 Å². The van der Waals surface area contributed by atoms with Gasteiger partial charge in [-0.3, -0.25) is 0 Å². The molecular formula is C21H45NO4. The molecule has 158 valence electrons. The lowest BCUT2D eigenvalue weighted by Crippen LogP contribution is -2.28. The SMILES string of the molecule is CC(C)(C)CNCCCOCCCOCCCOCCCOC(C)(C)C. The van der Waals surface area contributed by atoms with Crippen LogP contribution in [0, 0.1) is 5.41 Å². The third-order valence-electron chi connectivity index (χ3n) is 3.42.